The number of carbonyl (C=O) groups excluding carboxylic acids is 1. The molecule has 3 heteroatoms. The third-order valence-electron chi connectivity index (χ3n) is 2.57. The molecule has 0 unspecified atom stereocenters. The minimum absolute atomic E-state index is 0.176. The third kappa shape index (κ3) is 4.82. The van der Waals surface area contributed by atoms with Crippen molar-refractivity contribution >= 4 is 11.7 Å². The van der Waals surface area contributed by atoms with E-state index in [-0.39, 0.29) is 6.42 Å². The predicted octanol–water partition coefficient (Wildman–Crippen LogP) is 1.43. The van der Waals surface area contributed by atoms with Crippen LogP contribution in [-0.4, -0.2) is 19.6 Å². The van der Waals surface area contributed by atoms with Gasteiger partial charge in [0, 0.05) is 25.2 Å². The lowest BCUT2D eigenvalue weighted by Crippen LogP contribution is -2.22. The van der Waals surface area contributed by atoms with E-state index in [1.54, 1.807) is 0 Å². The summed E-state index contributed by atoms with van der Waals surface area (Å²) < 4.78 is 0. The van der Waals surface area contributed by atoms with Gasteiger partial charge >= 0.3 is 0 Å². The number of carboxylic acids is 1. The lowest BCUT2D eigenvalue weighted by molar-refractivity contribution is -0.305. The maximum absolute atomic E-state index is 10.2. The Bertz CT molecular complexity index is 311. The highest BCUT2D eigenvalue weighted by Gasteiger charge is 1.98. The first kappa shape index (κ1) is 12.6. The molecule has 0 atom stereocenters. The second-order valence-corrected chi connectivity index (χ2v) is 3.94. The average Bonchev–Trinajstić information content (AvgIpc) is 2.29. The van der Waals surface area contributed by atoms with Crippen LogP contribution in [0.2, 0.25) is 0 Å². The number of carbonyl (C=O) groups is 1. The van der Waals surface area contributed by atoms with Gasteiger partial charge in [-0.2, -0.15) is 0 Å². The van der Waals surface area contributed by atoms with Gasteiger partial charge in [0.25, 0.3) is 0 Å². The fourth-order valence-corrected chi connectivity index (χ4v) is 1.61. The van der Waals surface area contributed by atoms with Gasteiger partial charge in [-0.05, 0) is 31.4 Å². The van der Waals surface area contributed by atoms with Crippen molar-refractivity contribution in [3.05, 3.63) is 30.3 Å². The molecular formula is C13H18NO2-. The standard InChI is InChI=1S/C13H19NO2/c1-14(12-8-4-2-5-9-12)11-7-3-6-10-13(15)16/h2,4-5,8-9H,3,6-7,10-11H2,1H3,(H,15,16)/p-1. The highest BCUT2D eigenvalue weighted by molar-refractivity contribution is 5.64. The first-order chi connectivity index (χ1) is 7.70. The summed E-state index contributed by atoms with van der Waals surface area (Å²) in [5.41, 5.74) is 1.20. The fraction of sp³-hybridized carbons (Fsp3) is 0.462. The quantitative estimate of drug-likeness (QED) is 0.653. The van der Waals surface area contributed by atoms with Crippen molar-refractivity contribution in [1.29, 1.82) is 0 Å². The second kappa shape index (κ2) is 6.88. The van der Waals surface area contributed by atoms with Crippen molar-refractivity contribution in [2.45, 2.75) is 25.7 Å². The van der Waals surface area contributed by atoms with Crippen LogP contribution < -0.4 is 10.0 Å². The summed E-state index contributed by atoms with van der Waals surface area (Å²) in [5.74, 6) is -0.948. The number of aliphatic carboxylic acids is 1. The van der Waals surface area contributed by atoms with Gasteiger partial charge in [0.15, 0.2) is 0 Å². The van der Waals surface area contributed by atoms with Crippen LogP contribution in [0.3, 0.4) is 0 Å². The van der Waals surface area contributed by atoms with E-state index in [1.165, 1.54) is 5.69 Å². The van der Waals surface area contributed by atoms with Crippen LogP contribution in [0.15, 0.2) is 30.3 Å². The highest BCUT2D eigenvalue weighted by atomic mass is 16.4. The minimum atomic E-state index is -0.948. The molecule has 0 fully saturated rings. The number of unbranched alkanes of at least 4 members (excludes halogenated alkanes) is 2. The summed E-state index contributed by atoms with van der Waals surface area (Å²) in [4.78, 5) is 12.4. The van der Waals surface area contributed by atoms with Gasteiger partial charge in [-0.3, -0.25) is 0 Å². The van der Waals surface area contributed by atoms with Crippen LogP contribution >= 0.6 is 0 Å². The molecule has 0 spiro atoms. The van der Waals surface area contributed by atoms with Gasteiger partial charge in [-0.15, -0.1) is 0 Å². The van der Waals surface area contributed by atoms with Crippen molar-refractivity contribution in [1.82, 2.24) is 0 Å². The Morgan fingerprint density at radius 1 is 1.19 bits per heavy atom. The third-order valence-corrected chi connectivity index (χ3v) is 2.57. The zero-order valence-electron chi connectivity index (χ0n) is 9.69. The number of nitrogens with zero attached hydrogens (tertiary/aromatic N) is 1. The summed E-state index contributed by atoms with van der Waals surface area (Å²) in [6.07, 6.45) is 2.84. The van der Waals surface area contributed by atoms with E-state index in [4.69, 9.17) is 0 Å². The van der Waals surface area contributed by atoms with E-state index in [2.05, 4.69) is 17.0 Å². The van der Waals surface area contributed by atoms with E-state index < -0.39 is 5.97 Å². The Morgan fingerprint density at radius 3 is 2.50 bits per heavy atom. The molecule has 0 aliphatic heterocycles. The van der Waals surface area contributed by atoms with Crippen molar-refractivity contribution in [3.63, 3.8) is 0 Å². The smallest absolute Gasteiger partial charge is 0.0414 e. The summed E-state index contributed by atoms with van der Waals surface area (Å²) in [7, 11) is 2.05. The Balaban J connectivity index is 2.16. The fourth-order valence-electron chi connectivity index (χ4n) is 1.61. The van der Waals surface area contributed by atoms with E-state index in [0.717, 1.165) is 19.4 Å². The molecule has 16 heavy (non-hydrogen) atoms. The molecule has 0 bridgehead atoms. The zero-order chi connectivity index (χ0) is 11.8. The number of hydrogen-bond donors (Lipinski definition) is 0. The minimum Gasteiger partial charge on any atom is -0.550 e. The molecule has 1 aromatic carbocycles. The molecule has 0 amide bonds. The van der Waals surface area contributed by atoms with Gasteiger partial charge in [0.05, 0.1) is 0 Å². The van der Waals surface area contributed by atoms with Gasteiger partial charge in [-0.25, -0.2) is 0 Å². The van der Waals surface area contributed by atoms with Crippen LogP contribution in [-0.2, 0) is 4.79 Å². The van der Waals surface area contributed by atoms with E-state index >= 15 is 0 Å². The number of carboxylic acid groups (broad SMARTS) is 1. The lowest BCUT2D eigenvalue weighted by atomic mass is 10.2. The Kier molecular flexibility index (Phi) is 5.40. The molecule has 0 aromatic heterocycles. The highest BCUT2D eigenvalue weighted by Crippen LogP contribution is 2.12. The van der Waals surface area contributed by atoms with Crippen molar-refractivity contribution in [2.24, 2.45) is 0 Å². The second-order valence-electron chi connectivity index (χ2n) is 3.94. The molecule has 1 rings (SSSR count). The van der Waals surface area contributed by atoms with Crippen LogP contribution in [0.5, 0.6) is 0 Å². The van der Waals surface area contributed by atoms with Gasteiger partial charge in [-0.1, -0.05) is 24.6 Å². The first-order valence-electron chi connectivity index (χ1n) is 5.66. The topological polar surface area (TPSA) is 43.4 Å². The largest absolute Gasteiger partial charge is 0.550 e. The monoisotopic (exact) mass is 220 g/mol. The molecule has 0 aliphatic rings. The van der Waals surface area contributed by atoms with Crippen LogP contribution in [0.1, 0.15) is 25.7 Å². The lowest BCUT2D eigenvalue weighted by Gasteiger charge is -2.18. The zero-order valence-corrected chi connectivity index (χ0v) is 9.69. The molecule has 88 valence electrons. The van der Waals surface area contributed by atoms with Crippen molar-refractivity contribution < 1.29 is 9.90 Å². The van der Waals surface area contributed by atoms with Gasteiger partial charge < -0.3 is 14.8 Å². The summed E-state index contributed by atoms with van der Waals surface area (Å²) >= 11 is 0. The molecule has 0 N–H and O–H groups in total. The molecule has 0 saturated carbocycles. The predicted molar refractivity (Wildman–Crippen MR) is 63.2 cm³/mol. The molecule has 3 nitrogen and oxygen atoms in total. The van der Waals surface area contributed by atoms with E-state index in [1.807, 2.05) is 25.2 Å². The van der Waals surface area contributed by atoms with Crippen molar-refractivity contribution in [2.75, 3.05) is 18.5 Å². The molecule has 0 aliphatic carbocycles. The van der Waals surface area contributed by atoms with Crippen LogP contribution in [0.25, 0.3) is 0 Å². The van der Waals surface area contributed by atoms with Crippen LogP contribution in [0.4, 0.5) is 5.69 Å². The molecule has 1 aromatic rings. The first-order valence-corrected chi connectivity index (χ1v) is 5.66. The number of hydrogen-bond acceptors (Lipinski definition) is 3. The average molecular weight is 220 g/mol. The van der Waals surface area contributed by atoms with E-state index in [9.17, 15) is 9.90 Å². The molecule has 0 heterocycles. The number of benzene rings is 1. The SMILES string of the molecule is CN(CCCCCC(=O)[O-])c1ccccc1. The summed E-state index contributed by atoms with van der Waals surface area (Å²) in [5, 5.41) is 10.2. The number of rotatable bonds is 7. The Hall–Kier alpha value is -1.51. The maximum atomic E-state index is 10.2. The maximum Gasteiger partial charge on any atom is 0.0414 e. The Labute approximate surface area is 96.7 Å². The van der Waals surface area contributed by atoms with E-state index in [0.29, 0.717) is 6.42 Å². The molecule has 0 saturated heterocycles. The van der Waals surface area contributed by atoms with Crippen molar-refractivity contribution in [3.8, 4) is 0 Å². The summed E-state index contributed by atoms with van der Waals surface area (Å²) in [6, 6.07) is 10.2. The van der Waals surface area contributed by atoms with Gasteiger partial charge in [0.2, 0.25) is 0 Å². The number of para-hydroxylation sites is 1. The van der Waals surface area contributed by atoms with Gasteiger partial charge in [0.1, 0.15) is 0 Å². The normalized spacial score (nSPS) is 10.1. The Morgan fingerprint density at radius 2 is 1.88 bits per heavy atom. The summed E-state index contributed by atoms with van der Waals surface area (Å²) in [6.45, 7) is 0.955. The number of anilines is 1. The molecule has 0 radical (unpaired) electrons. The molecular weight excluding hydrogens is 202 g/mol. The van der Waals surface area contributed by atoms with Crippen LogP contribution in [0, 0.1) is 0 Å².